The summed E-state index contributed by atoms with van der Waals surface area (Å²) in [6.45, 7) is 4.58. The van der Waals surface area contributed by atoms with Crippen LogP contribution < -0.4 is 0 Å². The molecule has 0 fully saturated rings. The minimum absolute atomic E-state index is 1.11. The number of thiophene rings is 2. The normalized spacial score (nSPS) is 11.7. The number of fused-ring (bicyclic) bond motifs is 3. The highest BCUT2D eigenvalue weighted by atomic mass is 32.1. The molecule has 0 atom stereocenters. The molecule has 0 aliphatic carbocycles. The van der Waals surface area contributed by atoms with Gasteiger partial charge in [0.05, 0.1) is 0 Å². The van der Waals surface area contributed by atoms with E-state index in [1.807, 2.05) is 22.7 Å². The third kappa shape index (κ3) is 4.46. The van der Waals surface area contributed by atoms with Crippen LogP contribution in [0.15, 0.2) is 109 Å². The average molecular weight is 553 g/mol. The van der Waals surface area contributed by atoms with Gasteiger partial charge >= 0.3 is 0 Å². The minimum Gasteiger partial charge on any atom is -0.134 e. The first-order valence-electron chi connectivity index (χ1n) is 14.4. The molecule has 0 saturated heterocycles. The van der Waals surface area contributed by atoms with Gasteiger partial charge in [-0.2, -0.15) is 0 Å². The van der Waals surface area contributed by atoms with Gasteiger partial charge in [0.15, 0.2) is 0 Å². The highest BCUT2D eigenvalue weighted by Gasteiger charge is 2.15. The second kappa shape index (κ2) is 10.7. The van der Waals surface area contributed by atoms with Crippen molar-refractivity contribution in [2.45, 2.75) is 39.5 Å². The third-order valence-corrected chi connectivity index (χ3v) is 10.5. The monoisotopic (exact) mass is 552 g/mol. The first-order chi connectivity index (χ1) is 19.7. The summed E-state index contributed by atoms with van der Waals surface area (Å²) in [5.41, 5.74) is 5.63. The van der Waals surface area contributed by atoms with E-state index < -0.39 is 0 Å². The average Bonchev–Trinajstić information content (AvgIpc) is 3.69. The van der Waals surface area contributed by atoms with Gasteiger partial charge in [-0.15, -0.1) is 22.7 Å². The predicted molar refractivity (Wildman–Crippen MR) is 179 cm³/mol. The zero-order valence-electron chi connectivity index (χ0n) is 23.0. The van der Waals surface area contributed by atoms with Crippen LogP contribution in [0.25, 0.3) is 63.0 Å². The molecule has 0 bridgehead atoms. The first kappa shape index (κ1) is 25.3. The van der Waals surface area contributed by atoms with Crippen LogP contribution in [0, 0.1) is 0 Å². The highest BCUT2D eigenvalue weighted by Crippen LogP contribution is 2.42. The van der Waals surface area contributed by atoms with Gasteiger partial charge in [-0.05, 0) is 104 Å². The molecule has 196 valence electrons. The van der Waals surface area contributed by atoms with Crippen LogP contribution >= 0.6 is 22.7 Å². The van der Waals surface area contributed by atoms with Gasteiger partial charge in [-0.1, -0.05) is 99.5 Å². The van der Waals surface area contributed by atoms with E-state index in [-0.39, 0.29) is 0 Å². The fraction of sp³-hybridized carbons (Fsp3) is 0.158. The smallest absolute Gasteiger partial charge is 0.0449 e. The molecule has 7 rings (SSSR count). The molecule has 7 aromatic rings. The van der Waals surface area contributed by atoms with Crippen LogP contribution in [0.1, 0.15) is 37.8 Å². The standard InChI is InChI=1S/C38H32S2/c1-3-9-29-31-13-7-8-14-32(31)30(10-4-2)34-24-28(17-18-33(29)34)36-20-22-38(40-36)37-21-19-35(39-37)27-16-15-25-11-5-6-12-26(25)23-27/h5-8,11-24H,3-4,9-10H2,1-2H3. The molecule has 0 nitrogen and oxygen atoms in total. The Labute approximate surface area is 244 Å². The van der Waals surface area contributed by atoms with Crippen LogP contribution in [0.4, 0.5) is 0 Å². The van der Waals surface area contributed by atoms with Gasteiger partial charge < -0.3 is 0 Å². The molecule has 2 heteroatoms. The lowest BCUT2D eigenvalue weighted by molar-refractivity contribution is 0.927. The van der Waals surface area contributed by atoms with E-state index in [4.69, 9.17) is 0 Å². The number of rotatable bonds is 7. The zero-order chi connectivity index (χ0) is 27.1. The van der Waals surface area contributed by atoms with Crippen molar-refractivity contribution in [3.63, 3.8) is 0 Å². The number of aryl methyl sites for hydroxylation is 2. The summed E-state index contributed by atoms with van der Waals surface area (Å²) in [6, 6.07) is 40.8. The zero-order valence-corrected chi connectivity index (χ0v) is 24.7. The van der Waals surface area contributed by atoms with Crippen LogP contribution in [0.3, 0.4) is 0 Å². The fourth-order valence-corrected chi connectivity index (χ4v) is 8.24. The van der Waals surface area contributed by atoms with E-state index in [1.165, 1.54) is 74.1 Å². The fourth-order valence-electron chi connectivity index (χ4n) is 6.14. The van der Waals surface area contributed by atoms with E-state index in [0.29, 0.717) is 0 Å². The lowest BCUT2D eigenvalue weighted by atomic mass is 9.87. The van der Waals surface area contributed by atoms with Crippen molar-refractivity contribution in [1.29, 1.82) is 0 Å². The Kier molecular flexibility index (Phi) is 6.75. The predicted octanol–water partition coefficient (Wildman–Crippen LogP) is 12.2. The molecule has 0 aliphatic heterocycles. The molecule has 2 aromatic heterocycles. The van der Waals surface area contributed by atoms with E-state index in [1.54, 1.807) is 0 Å². The Bertz CT molecular complexity index is 1980. The van der Waals surface area contributed by atoms with E-state index in [9.17, 15) is 0 Å². The molecule has 0 saturated carbocycles. The molecule has 0 spiro atoms. The maximum absolute atomic E-state index is 2.47. The summed E-state index contributed by atoms with van der Waals surface area (Å²) < 4.78 is 0. The van der Waals surface area contributed by atoms with Crippen molar-refractivity contribution in [2.24, 2.45) is 0 Å². The van der Waals surface area contributed by atoms with Crippen molar-refractivity contribution < 1.29 is 0 Å². The summed E-state index contributed by atoms with van der Waals surface area (Å²) in [7, 11) is 0. The maximum atomic E-state index is 2.47. The molecule has 0 unspecified atom stereocenters. The molecular formula is C38H32S2. The quantitative estimate of drug-likeness (QED) is 0.173. The topological polar surface area (TPSA) is 0 Å². The Morgan fingerprint density at radius 2 is 0.925 bits per heavy atom. The molecule has 40 heavy (non-hydrogen) atoms. The van der Waals surface area contributed by atoms with E-state index >= 15 is 0 Å². The van der Waals surface area contributed by atoms with Crippen LogP contribution in [-0.2, 0) is 12.8 Å². The second-order valence-corrected chi connectivity index (χ2v) is 12.8. The molecule has 0 N–H and O–H groups in total. The SMILES string of the molecule is CCCc1c2ccccc2c(CCC)c2cc(-c3ccc(-c4ccc(-c5ccc6ccccc6c5)s4)s3)ccc12. The van der Waals surface area contributed by atoms with Crippen molar-refractivity contribution in [2.75, 3.05) is 0 Å². The number of hydrogen-bond donors (Lipinski definition) is 0. The van der Waals surface area contributed by atoms with Crippen LogP contribution in [0.2, 0.25) is 0 Å². The minimum atomic E-state index is 1.11. The molecule has 2 heterocycles. The lowest BCUT2D eigenvalue weighted by Gasteiger charge is -2.17. The molecule has 0 aliphatic rings. The van der Waals surface area contributed by atoms with Gasteiger partial charge in [0.25, 0.3) is 0 Å². The summed E-state index contributed by atoms with van der Waals surface area (Å²) in [5.74, 6) is 0. The van der Waals surface area contributed by atoms with Crippen LogP contribution in [0.5, 0.6) is 0 Å². The first-order valence-corrected chi connectivity index (χ1v) is 16.0. The summed E-state index contributed by atoms with van der Waals surface area (Å²) >= 11 is 3.79. The highest BCUT2D eigenvalue weighted by molar-refractivity contribution is 7.25. The number of hydrogen-bond acceptors (Lipinski definition) is 2. The second-order valence-electron chi connectivity index (χ2n) is 10.7. The Balaban J connectivity index is 1.28. The van der Waals surface area contributed by atoms with Crippen molar-refractivity contribution in [3.8, 4) is 30.6 Å². The summed E-state index contributed by atoms with van der Waals surface area (Å²) in [6.07, 6.45) is 4.53. The van der Waals surface area contributed by atoms with Crippen LogP contribution in [-0.4, -0.2) is 0 Å². The molecule has 5 aromatic carbocycles. The van der Waals surface area contributed by atoms with Crippen molar-refractivity contribution in [1.82, 2.24) is 0 Å². The number of benzene rings is 5. The molecular weight excluding hydrogens is 521 g/mol. The maximum Gasteiger partial charge on any atom is 0.0449 e. The van der Waals surface area contributed by atoms with Gasteiger partial charge in [-0.3, -0.25) is 0 Å². The summed E-state index contributed by atoms with van der Waals surface area (Å²) in [5, 5.41) is 8.32. The Morgan fingerprint density at radius 1 is 0.425 bits per heavy atom. The van der Waals surface area contributed by atoms with Gasteiger partial charge in [0.2, 0.25) is 0 Å². The van der Waals surface area contributed by atoms with Crippen molar-refractivity contribution >= 4 is 55.0 Å². The van der Waals surface area contributed by atoms with Gasteiger partial charge in [0, 0.05) is 19.5 Å². The molecule has 0 amide bonds. The summed E-state index contributed by atoms with van der Waals surface area (Å²) in [4.78, 5) is 5.33. The van der Waals surface area contributed by atoms with Gasteiger partial charge in [0.1, 0.15) is 0 Å². The third-order valence-electron chi connectivity index (χ3n) is 8.02. The lowest BCUT2D eigenvalue weighted by Crippen LogP contribution is -1.96. The largest absolute Gasteiger partial charge is 0.134 e. The Hall–Kier alpha value is -3.72. The van der Waals surface area contributed by atoms with E-state index in [2.05, 4.69) is 123 Å². The molecule has 0 radical (unpaired) electrons. The van der Waals surface area contributed by atoms with E-state index in [0.717, 1.165) is 25.7 Å². The Morgan fingerprint density at radius 3 is 1.57 bits per heavy atom. The van der Waals surface area contributed by atoms with Crippen molar-refractivity contribution in [3.05, 3.63) is 120 Å². The van der Waals surface area contributed by atoms with Gasteiger partial charge in [-0.25, -0.2) is 0 Å².